The molecule has 0 aliphatic heterocycles. The molecule has 1 N–H and O–H groups in total. The van der Waals surface area contributed by atoms with Crippen molar-refractivity contribution in [3.05, 3.63) is 71.9 Å². The van der Waals surface area contributed by atoms with Gasteiger partial charge in [0.2, 0.25) is 5.71 Å². The molecule has 0 aliphatic carbocycles. The standard InChI is InChI=1S/C27H27FN2O4/c1-3-18-9-11-19(12-10-18)24-25-22(13-8-17(2)14-33-15-23(31)32)29-16-30-27(25)34-26(24)20-6-4-5-7-21(20)28/h4-7,9-12,16-17H,3,8,13-15H2,1-2H3,(H,31,32)/t17-/m0/s1. The van der Waals surface area contributed by atoms with Crippen LogP contribution >= 0.6 is 0 Å². The van der Waals surface area contributed by atoms with Crippen LogP contribution in [0, 0.1) is 11.7 Å². The Balaban J connectivity index is 1.76. The largest absolute Gasteiger partial charge is 0.480 e. The Morgan fingerprint density at radius 3 is 2.62 bits per heavy atom. The molecule has 4 rings (SSSR count). The second-order valence-corrected chi connectivity index (χ2v) is 8.39. The molecule has 0 saturated heterocycles. The van der Waals surface area contributed by atoms with Crippen molar-refractivity contribution in [1.82, 2.24) is 9.97 Å². The summed E-state index contributed by atoms with van der Waals surface area (Å²) < 4.78 is 26.2. The first-order valence-electron chi connectivity index (χ1n) is 11.4. The third kappa shape index (κ3) is 5.15. The maximum absolute atomic E-state index is 14.8. The molecule has 176 valence electrons. The van der Waals surface area contributed by atoms with Crippen molar-refractivity contribution < 1.29 is 23.4 Å². The smallest absolute Gasteiger partial charge is 0.329 e. The number of furan rings is 1. The van der Waals surface area contributed by atoms with Crippen molar-refractivity contribution >= 4 is 17.1 Å². The van der Waals surface area contributed by atoms with E-state index in [1.165, 1.54) is 18.0 Å². The lowest BCUT2D eigenvalue weighted by molar-refractivity contribution is -0.142. The van der Waals surface area contributed by atoms with Crippen molar-refractivity contribution in [3.63, 3.8) is 0 Å². The van der Waals surface area contributed by atoms with E-state index in [4.69, 9.17) is 14.3 Å². The molecule has 4 aromatic rings. The number of hydrogen-bond acceptors (Lipinski definition) is 5. The van der Waals surface area contributed by atoms with Crippen molar-refractivity contribution in [1.29, 1.82) is 0 Å². The van der Waals surface area contributed by atoms with Gasteiger partial charge in [-0.2, -0.15) is 0 Å². The SMILES string of the molecule is CCc1ccc(-c2c(-c3ccccc3F)oc3ncnc(CC[C@H](C)COCC(=O)O)c23)cc1. The van der Waals surface area contributed by atoms with Gasteiger partial charge in [-0.05, 0) is 48.4 Å². The highest BCUT2D eigenvalue weighted by Gasteiger charge is 2.23. The summed E-state index contributed by atoms with van der Waals surface area (Å²) in [6.07, 6.45) is 3.73. The predicted molar refractivity (Wildman–Crippen MR) is 128 cm³/mol. The van der Waals surface area contributed by atoms with Gasteiger partial charge in [0.1, 0.15) is 24.5 Å². The quantitative estimate of drug-likeness (QED) is 0.314. The fraction of sp³-hybridized carbons (Fsp3) is 0.296. The summed E-state index contributed by atoms with van der Waals surface area (Å²) in [5.74, 6) is -0.791. The highest BCUT2D eigenvalue weighted by Crippen LogP contribution is 2.42. The predicted octanol–water partition coefficient (Wildman–Crippen LogP) is 5.93. The first-order chi connectivity index (χ1) is 16.5. The summed E-state index contributed by atoms with van der Waals surface area (Å²) in [5.41, 5.74) is 4.46. The van der Waals surface area contributed by atoms with E-state index < -0.39 is 5.97 Å². The fourth-order valence-corrected chi connectivity index (χ4v) is 4.01. The first kappa shape index (κ1) is 23.6. The zero-order chi connectivity index (χ0) is 24.1. The summed E-state index contributed by atoms with van der Waals surface area (Å²) >= 11 is 0. The van der Waals surface area contributed by atoms with Crippen molar-refractivity contribution in [2.75, 3.05) is 13.2 Å². The Labute approximate surface area is 197 Å². The van der Waals surface area contributed by atoms with Gasteiger partial charge in [-0.25, -0.2) is 19.2 Å². The summed E-state index contributed by atoms with van der Waals surface area (Å²) in [7, 11) is 0. The Morgan fingerprint density at radius 1 is 1.15 bits per heavy atom. The molecule has 0 bridgehead atoms. The van der Waals surface area contributed by atoms with Crippen molar-refractivity contribution in [2.45, 2.75) is 33.1 Å². The van der Waals surface area contributed by atoms with E-state index in [0.717, 1.165) is 35.0 Å². The van der Waals surface area contributed by atoms with Gasteiger partial charge in [0.05, 0.1) is 16.6 Å². The Bertz CT molecular complexity index is 1280. The second kappa shape index (κ2) is 10.6. The maximum atomic E-state index is 14.8. The minimum absolute atomic E-state index is 0.134. The van der Waals surface area contributed by atoms with Crippen LogP contribution in [0.2, 0.25) is 0 Å². The first-order valence-corrected chi connectivity index (χ1v) is 11.4. The minimum Gasteiger partial charge on any atom is -0.480 e. The summed E-state index contributed by atoms with van der Waals surface area (Å²) in [6.45, 7) is 4.14. The van der Waals surface area contributed by atoms with Gasteiger partial charge in [0, 0.05) is 12.2 Å². The van der Waals surface area contributed by atoms with Crippen LogP contribution in [0.4, 0.5) is 4.39 Å². The molecular formula is C27H27FN2O4. The molecule has 0 unspecified atom stereocenters. The molecule has 1 atom stereocenters. The average Bonchev–Trinajstić information content (AvgIpc) is 3.23. The number of nitrogens with zero attached hydrogens (tertiary/aromatic N) is 2. The summed E-state index contributed by atoms with van der Waals surface area (Å²) in [5, 5.41) is 9.53. The number of aliphatic carboxylic acids is 1. The van der Waals surface area contributed by atoms with Crippen LogP contribution in [-0.2, 0) is 22.4 Å². The van der Waals surface area contributed by atoms with Crippen LogP contribution in [0.3, 0.4) is 0 Å². The molecule has 0 aliphatic rings. The number of aryl methyl sites for hydroxylation is 2. The highest BCUT2D eigenvalue weighted by atomic mass is 19.1. The topological polar surface area (TPSA) is 85.5 Å². The normalized spacial score (nSPS) is 12.2. The van der Waals surface area contributed by atoms with Gasteiger partial charge >= 0.3 is 5.97 Å². The van der Waals surface area contributed by atoms with E-state index in [9.17, 15) is 9.18 Å². The van der Waals surface area contributed by atoms with Gasteiger partial charge in [-0.1, -0.05) is 50.2 Å². The van der Waals surface area contributed by atoms with Crippen LogP contribution in [0.25, 0.3) is 33.6 Å². The number of aromatic nitrogens is 2. The highest BCUT2D eigenvalue weighted by molar-refractivity contribution is 6.01. The van der Waals surface area contributed by atoms with E-state index in [1.807, 2.05) is 19.1 Å². The lowest BCUT2D eigenvalue weighted by Crippen LogP contribution is -2.13. The number of rotatable bonds is 10. The Kier molecular flexibility index (Phi) is 7.33. The molecule has 0 amide bonds. The zero-order valence-electron chi connectivity index (χ0n) is 19.3. The Morgan fingerprint density at radius 2 is 1.91 bits per heavy atom. The number of carboxylic acids is 1. The van der Waals surface area contributed by atoms with Gasteiger partial charge in [0.25, 0.3) is 0 Å². The molecule has 7 heteroatoms. The summed E-state index contributed by atoms with van der Waals surface area (Å²) in [4.78, 5) is 19.6. The minimum atomic E-state index is -0.984. The third-order valence-corrected chi connectivity index (χ3v) is 5.84. The van der Waals surface area contributed by atoms with Crippen LogP contribution in [0.5, 0.6) is 0 Å². The molecular weight excluding hydrogens is 435 g/mol. The van der Waals surface area contributed by atoms with Crippen LogP contribution in [0.15, 0.2) is 59.3 Å². The monoisotopic (exact) mass is 462 g/mol. The fourth-order valence-electron chi connectivity index (χ4n) is 4.01. The van der Waals surface area contributed by atoms with Gasteiger partial charge in [-0.15, -0.1) is 0 Å². The van der Waals surface area contributed by atoms with Gasteiger partial charge in [0.15, 0.2) is 0 Å². The number of ether oxygens (including phenoxy) is 1. The lowest BCUT2D eigenvalue weighted by Gasteiger charge is -2.11. The Hall–Kier alpha value is -3.58. The average molecular weight is 463 g/mol. The molecule has 0 radical (unpaired) electrons. The number of carbonyl (C=O) groups is 1. The van der Waals surface area contributed by atoms with Crippen molar-refractivity contribution in [3.8, 4) is 22.5 Å². The molecule has 0 fully saturated rings. The van der Waals surface area contributed by atoms with Crippen LogP contribution < -0.4 is 0 Å². The van der Waals surface area contributed by atoms with Crippen LogP contribution in [0.1, 0.15) is 31.5 Å². The molecule has 6 nitrogen and oxygen atoms in total. The molecule has 2 heterocycles. The van der Waals surface area contributed by atoms with Gasteiger partial charge < -0.3 is 14.3 Å². The van der Waals surface area contributed by atoms with Crippen molar-refractivity contribution in [2.24, 2.45) is 5.92 Å². The van der Waals surface area contributed by atoms with E-state index in [0.29, 0.717) is 30.1 Å². The molecule has 0 saturated carbocycles. The number of fused-ring (bicyclic) bond motifs is 1. The molecule has 2 aromatic heterocycles. The molecule has 0 spiro atoms. The number of halogens is 1. The lowest BCUT2D eigenvalue weighted by atomic mass is 9.95. The third-order valence-electron chi connectivity index (χ3n) is 5.84. The molecule has 2 aromatic carbocycles. The second-order valence-electron chi connectivity index (χ2n) is 8.39. The van der Waals surface area contributed by atoms with E-state index in [2.05, 4.69) is 29.0 Å². The van der Waals surface area contributed by atoms with Gasteiger partial charge in [-0.3, -0.25) is 0 Å². The van der Waals surface area contributed by atoms with E-state index in [1.54, 1.807) is 18.2 Å². The zero-order valence-corrected chi connectivity index (χ0v) is 19.3. The maximum Gasteiger partial charge on any atom is 0.329 e. The number of hydrogen-bond donors (Lipinski definition) is 1. The van der Waals surface area contributed by atoms with E-state index in [-0.39, 0.29) is 18.3 Å². The molecule has 34 heavy (non-hydrogen) atoms. The van der Waals surface area contributed by atoms with Crippen LogP contribution in [-0.4, -0.2) is 34.3 Å². The number of benzene rings is 2. The van der Waals surface area contributed by atoms with E-state index >= 15 is 0 Å². The summed E-state index contributed by atoms with van der Waals surface area (Å²) in [6, 6.07) is 14.7. The number of carboxylic acid groups (broad SMARTS) is 1.